The molecule has 76 valence electrons. The van der Waals surface area contributed by atoms with Gasteiger partial charge >= 0.3 is 11.9 Å². The molecule has 0 aromatic carbocycles. The van der Waals surface area contributed by atoms with Gasteiger partial charge in [0.05, 0.1) is 0 Å². The first-order chi connectivity index (χ1) is 6.02. The maximum Gasteiger partial charge on any atom is 0.303 e. The molecule has 0 rings (SSSR count). The number of hydrogen-bond donors (Lipinski definition) is 2. The molecular formula is C9H16O4. The van der Waals surface area contributed by atoms with Crippen LogP contribution in [0.4, 0.5) is 0 Å². The van der Waals surface area contributed by atoms with Crippen molar-refractivity contribution in [2.24, 2.45) is 5.92 Å². The van der Waals surface area contributed by atoms with E-state index >= 15 is 0 Å². The third-order valence-corrected chi connectivity index (χ3v) is 1.94. The smallest absolute Gasteiger partial charge is 0.303 e. The minimum absolute atomic E-state index is 0.175. The fraction of sp³-hybridized carbons (Fsp3) is 0.778. The molecule has 13 heavy (non-hydrogen) atoms. The largest absolute Gasteiger partial charge is 0.481 e. The highest BCUT2D eigenvalue weighted by Gasteiger charge is 2.06. The normalized spacial score (nSPS) is 12.4. The van der Waals surface area contributed by atoms with E-state index in [-0.39, 0.29) is 12.8 Å². The minimum atomic E-state index is -0.787. The van der Waals surface area contributed by atoms with Crippen molar-refractivity contribution in [3.63, 3.8) is 0 Å². The molecule has 0 amide bonds. The summed E-state index contributed by atoms with van der Waals surface area (Å²) < 4.78 is 0. The van der Waals surface area contributed by atoms with Crippen LogP contribution < -0.4 is 0 Å². The summed E-state index contributed by atoms with van der Waals surface area (Å²) in [5.74, 6) is -1.27. The number of rotatable bonds is 7. The van der Waals surface area contributed by atoms with Crippen LogP contribution in [0, 0.1) is 5.92 Å². The topological polar surface area (TPSA) is 74.6 Å². The standard InChI is InChI=1S/C9H16O4/c1-7(5-6-9(12)13)3-2-4-8(10)11/h7H,2-6H2,1H3,(H,10,11)(H,12,13). The summed E-state index contributed by atoms with van der Waals surface area (Å²) in [7, 11) is 0. The van der Waals surface area contributed by atoms with Crippen molar-refractivity contribution in [1.29, 1.82) is 0 Å². The number of aliphatic carboxylic acids is 2. The highest BCUT2D eigenvalue weighted by molar-refractivity contribution is 5.67. The lowest BCUT2D eigenvalue weighted by Crippen LogP contribution is -2.02. The zero-order chi connectivity index (χ0) is 10.3. The van der Waals surface area contributed by atoms with Gasteiger partial charge in [-0.25, -0.2) is 0 Å². The SMILES string of the molecule is CC(CCCC(=O)O)CCC(=O)O. The second-order valence-electron chi connectivity index (χ2n) is 3.32. The molecule has 0 bridgehead atoms. The Morgan fingerprint density at radius 3 is 2.08 bits per heavy atom. The van der Waals surface area contributed by atoms with Crippen LogP contribution in [0.5, 0.6) is 0 Å². The maximum atomic E-state index is 10.2. The molecule has 1 unspecified atom stereocenters. The molecule has 0 fully saturated rings. The first kappa shape index (κ1) is 11.9. The van der Waals surface area contributed by atoms with E-state index in [2.05, 4.69) is 0 Å². The van der Waals surface area contributed by atoms with Gasteiger partial charge in [0.2, 0.25) is 0 Å². The van der Waals surface area contributed by atoms with Crippen LogP contribution in [-0.4, -0.2) is 22.2 Å². The summed E-state index contributed by atoms with van der Waals surface area (Å²) in [5.41, 5.74) is 0. The molecule has 1 atom stereocenters. The lowest BCUT2D eigenvalue weighted by molar-refractivity contribution is -0.138. The van der Waals surface area contributed by atoms with E-state index in [4.69, 9.17) is 10.2 Å². The van der Waals surface area contributed by atoms with Gasteiger partial charge in [-0.1, -0.05) is 13.3 Å². The van der Waals surface area contributed by atoms with Gasteiger partial charge in [0.15, 0.2) is 0 Å². The Morgan fingerprint density at radius 2 is 1.62 bits per heavy atom. The molecule has 0 heterocycles. The van der Waals surface area contributed by atoms with Crippen molar-refractivity contribution < 1.29 is 19.8 Å². The molecule has 0 aromatic rings. The van der Waals surface area contributed by atoms with Crippen LogP contribution in [0.3, 0.4) is 0 Å². The molecule has 0 aliphatic rings. The first-order valence-corrected chi connectivity index (χ1v) is 4.46. The Hall–Kier alpha value is -1.06. The summed E-state index contributed by atoms with van der Waals surface area (Å²) in [6.07, 6.45) is 2.41. The van der Waals surface area contributed by atoms with E-state index in [0.29, 0.717) is 18.8 Å². The predicted octanol–water partition coefficient (Wildman–Crippen LogP) is 1.74. The summed E-state index contributed by atoms with van der Waals surface area (Å²) >= 11 is 0. The Kier molecular flexibility index (Phi) is 5.93. The highest BCUT2D eigenvalue weighted by atomic mass is 16.4. The second-order valence-corrected chi connectivity index (χ2v) is 3.32. The fourth-order valence-corrected chi connectivity index (χ4v) is 1.12. The Balaban J connectivity index is 3.35. The second kappa shape index (κ2) is 6.46. The summed E-state index contributed by atoms with van der Waals surface area (Å²) in [4.78, 5) is 20.3. The van der Waals surface area contributed by atoms with E-state index in [1.54, 1.807) is 0 Å². The van der Waals surface area contributed by atoms with E-state index in [9.17, 15) is 9.59 Å². The van der Waals surface area contributed by atoms with Crippen LogP contribution in [0.25, 0.3) is 0 Å². The van der Waals surface area contributed by atoms with E-state index < -0.39 is 11.9 Å². The lowest BCUT2D eigenvalue weighted by atomic mass is 9.99. The molecule has 0 spiro atoms. The predicted molar refractivity (Wildman–Crippen MR) is 47.5 cm³/mol. The quantitative estimate of drug-likeness (QED) is 0.638. The number of hydrogen-bond acceptors (Lipinski definition) is 2. The zero-order valence-corrected chi connectivity index (χ0v) is 7.82. The van der Waals surface area contributed by atoms with Gasteiger partial charge in [0.25, 0.3) is 0 Å². The summed E-state index contributed by atoms with van der Waals surface area (Å²) in [5, 5.41) is 16.7. The average molecular weight is 188 g/mol. The molecule has 4 heteroatoms. The van der Waals surface area contributed by atoms with Gasteiger partial charge < -0.3 is 10.2 Å². The molecule has 0 saturated carbocycles. The van der Waals surface area contributed by atoms with Crippen molar-refractivity contribution in [3.8, 4) is 0 Å². The van der Waals surface area contributed by atoms with E-state index in [1.165, 1.54) is 0 Å². The fourth-order valence-electron chi connectivity index (χ4n) is 1.12. The lowest BCUT2D eigenvalue weighted by Gasteiger charge is -2.07. The molecular weight excluding hydrogens is 172 g/mol. The van der Waals surface area contributed by atoms with E-state index in [0.717, 1.165) is 6.42 Å². The maximum absolute atomic E-state index is 10.2. The van der Waals surface area contributed by atoms with Gasteiger partial charge in [-0.3, -0.25) is 9.59 Å². The zero-order valence-electron chi connectivity index (χ0n) is 7.82. The minimum Gasteiger partial charge on any atom is -0.481 e. The van der Waals surface area contributed by atoms with Crippen LogP contribution in [-0.2, 0) is 9.59 Å². The van der Waals surface area contributed by atoms with Crippen molar-refractivity contribution in [2.75, 3.05) is 0 Å². The van der Waals surface area contributed by atoms with Gasteiger partial charge in [-0.05, 0) is 18.8 Å². The van der Waals surface area contributed by atoms with Crippen molar-refractivity contribution in [3.05, 3.63) is 0 Å². The first-order valence-electron chi connectivity index (χ1n) is 4.46. The molecule has 0 radical (unpaired) electrons. The Labute approximate surface area is 77.6 Å². The van der Waals surface area contributed by atoms with Gasteiger partial charge in [0.1, 0.15) is 0 Å². The molecule has 0 aromatic heterocycles. The molecule has 0 aliphatic carbocycles. The number of carboxylic acid groups (broad SMARTS) is 2. The average Bonchev–Trinajstić information content (AvgIpc) is 2.00. The van der Waals surface area contributed by atoms with E-state index in [1.807, 2.05) is 6.92 Å². The monoisotopic (exact) mass is 188 g/mol. The summed E-state index contributed by atoms with van der Waals surface area (Å²) in [6, 6.07) is 0. The highest BCUT2D eigenvalue weighted by Crippen LogP contribution is 2.13. The third kappa shape index (κ3) is 8.85. The molecule has 4 nitrogen and oxygen atoms in total. The van der Waals surface area contributed by atoms with Crippen LogP contribution in [0.1, 0.15) is 39.0 Å². The molecule has 2 N–H and O–H groups in total. The number of carbonyl (C=O) groups is 2. The van der Waals surface area contributed by atoms with Crippen LogP contribution in [0.15, 0.2) is 0 Å². The van der Waals surface area contributed by atoms with Crippen molar-refractivity contribution >= 4 is 11.9 Å². The van der Waals surface area contributed by atoms with Gasteiger partial charge in [0, 0.05) is 12.8 Å². The van der Waals surface area contributed by atoms with Gasteiger partial charge in [-0.2, -0.15) is 0 Å². The Morgan fingerprint density at radius 1 is 1.08 bits per heavy atom. The van der Waals surface area contributed by atoms with Crippen molar-refractivity contribution in [1.82, 2.24) is 0 Å². The Bertz CT molecular complexity index is 176. The van der Waals surface area contributed by atoms with Crippen LogP contribution >= 0.6 is 0 Å². The van der Waals surface area contributed by atoms with Crippen molar-refractivity contribution in [2.45, 2.75) is 39.0 Å². The number of carboxylic acids is 2. The third-order valence-electron chi connectivity index (χ3n) is 1.94. The molecule has 0 aliphatic heterocycles. The summed E-state index contributed by atoms with van der Waals surface area (Å²) in [6.45, 7) is 1.95. The molecule has 0 saturated heterocycles. The van der Waals surface area contributed by atoms with Gasteiger partial charge in [-0.15, -0.1) is 0 Å². The van der Waals surface area contributed by atoms with Crippen LogP contribution in [0.2, 0.25) is 0 Å².